The summed E-state index contributed by atoms with van der Waals surface area (Å²) < 4.78 is 10.6. The van der Waals surface area contributed by atoms with Crippen LogP contribution in [0.5, 0.6) is 11.5 Å². The smallest absolute Gasteiger partial charge is 0.262 e. The zero-order chi connectivity index (χ0) is 27.4. The monoisotopic (exact) mass is 542 g/mol. The normalized spacial score (nSPS) is 18.5. The van der Waals surface area contributed by atoms with Crippen molar-refractivity contribution >= 4 is 40.1 Å². The van der Waals surface area contributed by atoms with E-state index in [-0.39, 0.29) is 24.3 Å². The van der Waals surface area contributed by atoms with Crippen LogP contribution < -0.4 is 14.8 Å². The van der Waals surface area contributed by atoms with Crippen LogP contribution in [-0.4, -0.2) is 47.2 Å². The predicted octanol–water partition coefficient (Wildman–Crippen LogP) is 5.44. The maximum atomic E-state index is 12.9. The molecule has 3 aromatic carbocycles. The molecule has 2 amide bonds. The fraction of sp³-hybridized carbons (Fsp3) is 0.267. The van der Waals surface area contributed by atoms with E-state index in [9.17, 15) is 9.59 Å². The van der Waals surface area contributed by atoms with Gasteiger partial charge >= 0.3 is 0 Å². The minimum Gasteiger partial charge on any atom is -0.493 e. The van der Waals surface area contributed by atoms with Crippen molar-refractivity contribution in [1.82, 2.24) is 5.01 Å². The number of aryl methyl sites for hydroxylation is 1. The molecule has 39 heavy (non-hydrogen) atoms. The SMILES string of the molecule is CCc1ccc([C@@H]2CC(c3ccccc3)=NN2C2=NC(=O)[C@@H](CC(=O)Nc3ccc(OC)c(OC)c3)S2)cc1. The average Bonchev–Trinajstić information content (AvgIpc) is 3.57. The lowest BCUT2D eigenvalue weighted by Crippen LogP contribution is -2.25. The quantitative estimate of drug-likeness (QED) is 0.407. The van der Waals surface area contributed by atoms with Crippen LogP contribution in [0.1, 0.15) is 42.5 Å². The summed E-state index contributed by atoms with van der Waals surface area (Å²) in [6.45, 7) is 2.13. The van der Waals surface area contributed by atoms with Crippen molar-refractivity contribution in [3.8, 4) is 11.5 Å². The van der Waals surface area contributed by atoms with E-state index in [1.807, 2.05) is 35.3 Å². The van der Waals surface area contributed by atoms with Crippen LogP contribution in [0.3, 0.4) is 0 Å². The lowest BCUT2D eigenvalue weighted by Gasteiger charge is -2.23. The third-order valence-corrected chi connectivity index (χ3v) is 7.90. The van der Waals surface area contributed by atoms with Gasteiger partial charge in [-0.05, 0) is 35.2 Å². The Morgan fingerprint density at radius 3 is 2.46 bits per heavy atom. The summed E-state index contributed by atoms with van der Waals surface area (Å²) in [6, 6.07) is 23.6. The van der Waals surface area contributed by atoms with E-state index in [0.717, 1.165) is 23.3 Å². The lowest BCUT2D eigenvalue weighted by molar-refractivity contribution is -0.121. The highest BCUT2D eigenvalue weighted by atomic mass is 32.2. The topological polar surface area (TPSA) is 92.6 Å². The summed E-state index contributed by atoms with van der Waals surface area (Å²) in [5, 5.41) is 9.49. The van der Waals surface area contributed by atoms with Gasteiger partial charge in [0, 0.05) is 24.6 Å². The first-order valence-corrected chi connectivity index (χ1v) is 13.7. The van der Waals surface area contributed by atoms with Crippen molar-refractivity contribution in [3.05, 3.63) is 89.5 Å². The van der Waals surface area contributed by atoms with Gasteiger partial charge in [-0.25, -0.2) is 5.01 Å². The number of amides is 2. The maximum absolute atomic E-state index is 12.9. The summed E-state index contributed by atoms with van der Waals surface area (Å²) in [4.78, 5) is 30.1. The lowest BCUT2D eigenvalue weighted by atomic mass is 9.97. The number of carbonyl (C=O) groups is 2. The Hall–Kier alpha value is -4.11. The van der Waals surface area contributed by atoms with E-state index in [2.05, 4.69) is 41.5 Å². The number of anilines is 1. The Kier molecular flexibility index (Phi) is 7.97. The number of ether oxygens (including phenoxy) is 2. The number of aliphatic imine (C=N–C) groups is 1. The average molecular weight is 543 g/mol. The molecule has 0 saturated carbocycles. The highest BCUT2D eigenvalue weighted by Gasteiger charge is 2.39. The highest BCUT2D eigenvalue weighted by Crippen LogP contribution is 2.39. The molecule has 0 saturated heterocycles. The molecule has 200 valence electrons. The number of hydrogen-bond donors (Lipinski definition) is 1. The van der Waals surface area contributed by atoms with Crippen LogP contribution in [0.25, 0.3) is 0 Å². The van der Waals surface area contributed by atoms with Gasteiger partial charge in [-0.1, -0.05) is 73.3 Å². The van der Waals surface area contributed by atoms with Crippen LogP contribution in [0, 0.1) is 0 Å². The number of benzene rings is 3. The third kappa shape index (κ3) is 5.83. The van der Waals surface area contributed by atoms with Crippen LogP contribution in [0.2, 0.25) is 0 Å². The van der Waals surface area contributed by atoms with Crippen molar-refractivity contribution < 1.29 is 19.1 Å². The van der Waals surface area contributed by atoms with Crippen LogP contribution in [0.4, 0.5) is 5.69 Å². The summed E-state index contributed by atoms with van der Waals surface area (Å²) in [5.41, 5.74) is 4.89. The molecule has 2 aliphatic rings. The largest absolute Gasteiger partial charge is 0.493 e. The van der Waals surface area contributed by atoms with E-state index in [1.165, 1.54) is 24.4 Å². The number of nitrogens with one attached hydrogen (secondary N) is 1. The number of thioether (sulfide) groups is 1. The molecule has 0 unspecified atom stereocenters. The molecule has 2 aliphatic heterocycles. The first kappa shape index (κ1) is 26.5. The molecule has 0 bridgehead atoms. The fourth-order valence-electron chi connectivity index (χ4n) is 4.63. The van der Waals surface area contributed by atoms with Gasteiger partial charge in [0.05, 0.1) is 26.0 Å². The van der Waals surface area contributed by atoms with Crippen molar-refractivity contribution in [2.45, 2.75) is 37.5 Å². The Morgan fingerprint density at radius 2 is 1.77 bits per heavy atom. The minimum atomic E-state index is -0.626. The van der Waals surface area contributed by atoms with Crippen molar-refractivity contribution in [1.29, 1.82) is 0 Å². The second-order valence-electron chi connectivity index (χ2n) is 9.23. The maximum Gasteiger partial charge on any atom is 0.262 e. The number of methoxy groups -OCH3 is 2. The number of nitrogens with zero attached hydrogens (tertiary/aromatic N) is 3. The Morgan fingerprint density at radius 1 is 1.03 bits per heavy atom. The molecule has 0 aliphatic carbocycles. The molecule has 0 radical (unpaired) electrons. The van der Waals surface area contributed by atoms with Gasteiger partial charge in [0.25, 0.3) is 5.91 Å². The highest BCUT2D eigenvalue weighted by molar-refractivity contribution is 8.15. The standard InChI is InChI=1S/C30H30N4O4S/c1-4-19-10-12-21(13-11-19)24-17-23(20-8-6-5-7-9-20)33-34(24)30-32-29(36)27(39-30)18-28(35)31-22-14-15-25(37-2)26(16-22)38-3/h5-16,24,27H,4,17-18H2,1-3H3,(H,31,35)/t24-,27+/m0/s1. The fourth-order valence-corrected chi connectivity index (χ4v) is 5.69. The van der Waals surface area contributed by atoms with Gasteiger partial charge in [0.1, 0.15) is 5.25 Å². The molecule has 8 nitrogen and oxygen atoms in total. The van der Waals surface area contributed by atoms with Gasteiger partial charge in [0.15, 0.2) is 16.7 Å². The van der Waals surface area contributed by atoms with E-state index in [0.29, 0.717) is 28.8 Å². The van der Waals surface area contributed by atoms with E-state index in [4.69, 9.17) is 14.6 Å². The summed E-state index contributed by atoms with van der Waals surface area (Å²) >= 11 is 1.29. The molecule has 0 fully saturated rings. The number of hydrogen-bond acceptors (Lipinski definition) is 7. The van der Waals surface area contributed by atoms with Gasteiger partial charge in [-0.2, -0.15) is 10.1 Å². The summed E-state index contributed by atoms with van der Waals surface area (Å²) in [7, 11) is 3.08. The molecule has 3 aromatic rings. The predicted molar refractivity (Wildman–Crippen MR) is 155 cm³/mol. The van der Waals surface area contributed by atoms with Crippen LogP contribution >= 0.6 is 11.8 Å². The van der Waals surface area contributed by atoms with E-state index >= 15 is 0 Å². The molecular formula is C30H30N4O4S. The van der Waals surface area contributed by atoms with Crippen LogP contribution in [0.15, 0.2) is 82.9 Å². The second kappa shape index (κ2) is 11.7. The third-order valence-electron chi connectivity index (χ3n) is 6.75. The zero-order valence-corrected chi connectivity index (χ0v) is 22.9. The van der Waals surface area contributed by atoms with Gasteiger partial charge < -0.3 is 14.8 Å². The number of hydrazone groups is 1. The number of carbonyl (C=O) groups excluding carboxylic acids is 2. The Balaban J connectivity index is 1.32. The van der Waals surface area contributed by atoms with Crippen molar-refractivity contribution in [3.63, 3.8) is 0 Å². The van der Waals surface area contributed by atoms with Gasteiger partial charge in [0.2, 0.25) is 5.91 Å². The molecule has 2 atom stereocenters. The Bertz CT molecular complexity index is 1420. The van der Waals surface area contributed by atoms with Crippen LogP contribution in [-0.2, 0) is 16.0 Å². The summed E-state index contributed by atoms with van der Waals surface area (Å²) in [6.07, 6.45) is 1.64. The molecular weight excluding hydrogens is 512 g/mol. The first-order chi connectivity index (χ1) is 19.0. The molecule has 1 N–H and O–H groups in total. The minimum absolute atomic E-state index is 0.0101. The van der Waals surface area contributed by atoms with E-state index in [1.54, 1.807) is 25.3 Å². The first-order valence-electron chi connectivity index (χ1n) is 12.8. The zero-order valence-electron chi connectivity index (χ0n) is 22.1. The van der Waals surface area contributed by atoms with E-state index < -0.39 is 5.25 Å². The number of rotatable bonds is 8. The molecule has 0 spiro atoms. The Labute approximate surface area is 232 Å². The van der Waals surface area contributed by atoms with Crippen molar-refractivity contribution in [2.24, 2.45) is 10.1 Å². The van der Waals surface area contributed by atoms with Gasteiger partial charge in [-0.3, -0.25) is 9.59 Å². The molecule has 2 heterocycles. The van der Waals surface area contributed by atoms with Gasteiger partial charge in [-0.15, -0.1) is 0 Å². The number of amidine groups is 1. The summed E-state index contributed by atoms with van der Waals surface area (Å²) in [5.74, 6) is 0.452. The molecule has 9 heteroatoms. The second-order valence-corrected chi connectivity index (χ2v) is 10.4. The van der Waals surface area contributed by atoms with Crippen molar-refractivity contribution in [2.75, 3.05) is 19.5 Å². The molecule has 5 rings (SSSR count). The molecule has 0 aromatic heterocycles.